The molecule has 0 spiro atoms. The molecule has 3 amide bonds. The Kier molecular flexibility index (Phi) is 8.15. The van der Waals surface area contributed by atoms with E-state index >= 15 is 0 Å². The first-order valence-corrected chi connectivity index (χ1v) is 12.1. The molecule has 0 saturated carbocycles. The standard InChI is InChI=1S/C27H37FN4O3/c1-17(2)19-11-13-27(4,14-12-19)23(20-9-7-6-8-10-20)30-25(34)22-15-21(28)16-32(22)26(35)24(29)31(5)18(3)33/h6-13,17,21-24H,14-16,29H2,1-5H3,(H,30,34)/t21-,22+,23+,24+,27?/m1/s1. The lowest BCUT2D eigenvalue weighted by atomic mass is 9.72. The molecule has 1 fully saturated rings. The number of likely N-dealkylation sites (tertiary alicyclic amines) is 1. The Bertz CT molecular complexity index is 1010. The summed E-state index contributed by atoms with van der Waals surface area (Å²) in [5.41, 5.74) is 7.72. The third-order valence-corrected chi connectivity index (χ3v) is 7.18. The number of nitrogens with two attached hydrogens (primary N) is 1. The zero-order valence-electron chi connectivity index (χ0n) is 21.2. The zero-order chi connectivity index (χ0) is 25.9. The molecule has 1 saturated heterocycles. The molecule has 1 aliphatic heterocycles. The number of amides is 3. The summed E-state index contributed by atoms with van der Waals surface area (Å²) in [5, 5.41) is 3.12. The van der Waals surface area contributed by atoms with E-state index < -0.39 is 41.5 Å². The molecule has 7 nitrogen and oxygen atoms in total. The Morgan fingerprint density at radius 2 is 1.89 bits per heavy atom. The number of nitrogens with one attached hydrogen (secondary N) is 1. The molecule has 35 heavy (non-hydrogen) atoms. The highest BCUT2D eigenvalue weighted by atomic mass is 19.1. The number of alkyl halides is 1. The van der Waals surface area contributed by atoms with Gasteiger partial charge in [-0.1, -0.05) is 69.3 Å². The van der Waals surface area contributed by atoms with Crippen LogP contribution in [0.5, 0.6) is 0 Å². The first-order valence-electron chi connectivity index (χ1n) is 12.1. The van der Waals surface area contributed by atoms with Gasteiger partial charge < -0.3 is 20.9 Å². The van der Waals surface area contributed by atoms with Gasteiger partial charge >= 0.3 is 0 Å². The topological polar surface area (TPSA) is 95.7 Å². The van der Waals surface area contributed by atoms with Crippen molar-refractivity contribution in [2.24, 2.45) is 17.1 Å². The summed E-state index contributed by atoms with van der Waals surface area (Å²) >= 11 is 0. The van der Waals surface area contributed by atoms with Gasteiger partial charge in [-0.3, -0.25) is 14.4 Å². The summed E-state index contributed by atoms with van der Waals surface area (Å²) in [5.74, 6) is -1.07. The van der Waals surface area contributed by atoms with Gasteiger partial charge in [0.25, 0.3) is 5.91 Å². The Morgan fingerprint density at radius 3 is 2.43 bits per heavy atom. The molecule has 0 aromatic heterocycles. The fourth-order valence-electron chi connectivity index (χ4n) is 4.72. The van der Waals surface area contributed by atoms with Gasteiger partial charge in [0.2, 0.25) is 11.8 Å². The van der Waals surface area contributed by atoms with Crippen molar-refractivity contribution in [1.29, 1.82) is 0 Å². The highest BCUT2D eigenvalue weighted by Gasteiger charge is 2.44. The van der Waals surface area contributed by atoms with Crippen molar-refractivity contribution in [3.63, 3.8) is 0 Å². The van der Waals surface area contributed by atoms with Crippen LogP contribution in [0.1, 0.15) is 52.1 Å². The van der Waals surface area contributed by atoms with E-state index in [4.69, 9.17) is 5.73 Å². The second kappa shape index (κ2) is 10.7. The number of nitrogens with zero attached hydrogens (tertiary/aromatic N) is 2. The van der Waals surface area contributed by atoms with Gasteiger partial charge in [-0.25, -0.2) is 4.39 Å². The molecule has 1 unspecified atom stereocenters. The fraction of sp³-hybridized carbons (Fsp3) is 0.519. The van der Waals surface area contributed by atoms with Gasteiger partial charge in [-0.05, 0) is 23.5 Å². The molecule has 0 bridgehead atoms. The molecule has 0 radical (unpaired) electrons. The number of benzene rings is 1. The van der Waals surface area contributed by atoms with E-state index in [9.17, 15) is 18.8 Å². The maximum absolute atomic E-state index is 14.5. The van der Waals surface area contributed by atoms with Crippen molar-refractivity contribution >= 4 is 17.7 Å². The molecule has 1 aromatic rings. The Hall–Kier alpha value is -3.00. The van der Waals surface area contributed by atoms with Crippen LogP contribution in [0, 0.1) is 11.3 Å². The number of likely N-dealkylation sites (N-methyl/N-ethyl adjacent to an activating group) is 1. The van der Waals surface area contributed by atoms with Gasteiger partial charge in [0.1, 0.15) is 12.2 Å². The molecule has 8 heteroatoms. The SMILES string of the molecule is CC(=O)N(C)[C@H](N)C(=O)N1C[C@H](F)C[C@H]1C(=O)N[C@@H](c1ccccc1)C1(C)C=CC(C(C)C)=CC1. The third-order valence-electron chi connectivity index (χ3n) is 7.18. The summed E-state index contributed by atoms with van der Waals surface area (Å²) < 4.78 is 14.5. The van der Waals surface area contributed by atoms with Crippen LogP contribution >= 0.6 is 0 Å². The Balaban J connectivity index is 1.86. The Morgan fingerprint density at radius 1 is 1.23 bits per heavy atom. The molecular weight excluding hydrogens is 447 g/mol. The summed E-state index contributed by atoms with van der Waals surface area (Å²) in [6.45, 7) is 7.43. The summed E-state index contributed by atoms with van der Waals surface area (Å²) in [7, 11) is 1.41. The van der Waals surface area contributed by atoms with Crippen LogP contribution in [0.25, 0.3) is 0 Å². The van der Waals surface area contributed by atoms with Gasteiger partial charge in [0, 0.05) is 25.8 Å². The van der Waals surface area contributed by atoms with Crippen LogP contribution < -0.4 is 11.1 Å². The monoisotopic (exact) mass is 484 g/mol. The van der Waals surface area contributed by atoms with Crippen LogP contribution in [0.2, 0.25) is 0 Å². The van der Waals surface area contributed by atoms with E-state index in [1.165, 1.54) is 24.4 Å². The fourth-order valence-corrected chi connectivity index (χ4v) is 4.72. The smallest absolute Gasteiger partial charge is 0.260 e. The normalized spacial score (nSPS) is 25.7. The molecule has 5 atom stereocenters. The molecule has 3 N–H and O–H groups in total. The largest absolute Gasteiger partial charge is 0.347 e. The van der Waals surface area contributed by atoms with Crippen molar-refractivity contribution in [3.05, 3.63) is 59.7 Å². The van der Waals surface area contributed by atoms with Crippen molar-refractivity contribution in [3.8, 4) is 0 Å². The highest BCUT2D eigenvalue weighted by Crippen LogP contribution is 2.42. The number of halogens is 1. The van der Waals surface area contributed by atoms with Crippen LogP contribution in [-0.4, -0.2) is 59.5 Å². The first kappa shape index (κ1) is 26.6. The number of hydrogen-bond donors (Lipinski definition) is 2. The van der Waals surface area contributed by atoms with Crippen molar-refractivity contribution < 1.29 is 18.8 Å². The lowest BCUT2D eigenvalue weighted by Gasteiger charge is -2.39. The number of allylic oxidation sites excluding steroid dienone is 3. The Labute approximate surface area is 207 Å². The van der Waals surface area contributed by atoms with E-state index in [1.807, 2.05) is 30.3 Å². The number of rotatable bonds is 7. The quantitative estimate of drug-likeness (QED) is 0.582. The van der Waals surface area contributed by atoms with Crippen molar-refractivity contribution in [2.75, 3.05) is 13.6 Å². The minimum absolute atomic E-state index is 0.112. The maximum Gasteiger partial charge on any atom is 0.260 e. The minimum atomic E-state index is -1.35. The lowest BCUT2D eigenvalue weighted by Crippen LogP contribution is -2.57. The predicted octanol–water partition coefficient (Wildman–Crippen LogP) is 3.09. The summed E-state index contributed by atoms with van der Waals surface area (Å²) in [4.78, 5) is 40.5. The molecule has 1 heterocycles. The third kappa shape index (κ3) is 5.81. The average Bonchev–Trinajstić information content (AvgIpc) is 3.23. The molecular formula is C27H37FN4O3. The molecule has 190 valence electrons. The van der Waals surface area contributed by atoms with E-state index in [1.54, 1.807) is 0 Å². The van der Waals surface area contributed by atoms with Crippen LogP contribution in [0.15, 0.2) is 54.1 Å². The second-order valence-corrected chi connectivity index (χ2v) is 10.2. The summed E-state index contributed by atoms with van der Waals surface area (Å²) in [6, 6.07) is 8.27. The lowest BCUT2D eigenvalue weighted by molar-refractivity contribution is -0.146. The molecule has 1 aliphatic carbocycles. The molecule has 2 aliphatic rings. The van der Waals surface area contributed by atoms with E-state index in [2.05, 4.69) is 44.3 Å². The average molecular weight is 485 g/mol. The minimum Gasteiger partial charge on any atom is -0.347 e. The molecule has 1 aromatic carbocycles. The zero-order valence-corrected chi connectivity index (χ0v) is 21.2. The number of carbonyl (C=O) groups is 3. The van der Waals surface area contributed by atoms with Crippen molar-refractivity contribution in [2.45, 2.75) is 65.0 Å². The predicted molar refractivity (Wildman–Crippen MR) is 134 cm³/mol. The molecule has 3 rings (SSSR count). The van der Waals surface area contributed by atoms with Crippen LogP contribution in [0.4, 0.5) is 4.39 Å². The van der Waals surface area contributed by atoms with Crippen LogP contribution in [0.3, 0.4) is 0 Å². The van der Waals surface area contributed by atoms with Gasteiger partial charge in [-0.15, -0.1) is 0 Å². The van der Waals surface area contributed by atoms with Gasteiger partial charge in [-0.2, -0.15) is 0 Å². The van der Waals surface area contributed by atoms with E-state index in [0.29, 0.717) is 5.92 Å². The number of carbonyl (C=O) groups excluding carboxylic acids is 3. The maximum atomic E-state index is 14.5. The van der Waals surface area contributed by atoms with E-state index in [0.717, 1.165) is 16.9 Å². The number of hydrogen-bond acceptors (Lipinski definition) is 4. The summed E-state index contributed by atoms with van der Waals surface area (Å²) in [6.07, 6.45) is 4.43. The van der Waals surface area contributed by atoms with Gasteiger partial charge in [0.05, 0.1) is 12.6 Å². The first-order chi connectivity index (χ1) is 16.4. The van der Waals surface area contributed by atoms with Crippen LogP contribution in [-0.2, 0) is 14.4 Å². The van der Waals surface area contributed by atoms with E-state index in [-0.39, 0.29) is 19.0 Å². The van der Waals surface area contributed by atoms with Gasteiger partial charge in [0.15, 0.2) is 6.17 Å². The van der Waals surface area contributed by atoms with Crippen molar-refractivity contribution in [1.82, 2.24) is 15.1 Å². The highest BCUT2D eigenvalue weighted by molar-refractivity contribution is 5.92. The second-order valence-electron chi connectivity index (χ2n) is 10.2.